The van der Waals surface area contributed by atoms with Crippen LogP contribution < -0.4 is 5.73 Å². The molecule has 2 nitrogen and oxygen atoms in total. The minimum Gasteiger partial charge on any atom is -0.394 e. The standard InChI is InChI=1S/C11H12B2FNO/c12-11(13)5-4-10(15,6-16)7-2-1-3-8(14)9(7)11/h1-3,16H,4-6,15H2/t10-/m1/s1. The van der Waals surface area contributed by atoms with Crippen molar-refractivity contribution in [2.45, 2.75) is 23.6 Å². The number of nitrogens with two attached hydrogens (primary N) is 1. The summed E-state index contributed by atoms with van der Waals surface area (Å²) in [5.74, 6) is -0.467. The predicted molar refractivity (Wildman–Crippen MR) is 61.8 cm³/mol. The molecule has 1 aliphatic rings. The van der Waals surface area contributed by atoms with Gasteiger partial charge in [-0.15, -0.1) is 0 Å². The van der Waals surface area contributed by atoms with E-state index in [2.05, 4.69) is 0 Å². The molecule has 1 aromatic rings. The molecular weight excluding hydrogens is 203 g/mol. The molecule has 0 amide bonds. The Morgan fingerprint density at radius 2 is 2.06 bits per heavy atom. The number of benzene rings is 1. The lowest BCUT2D eigenvalue weighted by Gasteiger charge is -2.43. The highest BCUT2D eigenvalue weighted by molar-refractivity contribution is 6.40. The third-order valence-corrected chi connectivity index (χ3v) is 3.28. The quantitative estimate of drug-likeness (QED) is 0.659. The zero-order chi connectivity index (χ0) is 12.0. The average molecular weight is 215 g/mol. The second kappa shape index (κ2) is 3.60. The number of aliphatic hydroxyl groups excluding tert-OH is 1. The van der Waals surface area contributed by atoms with Gasteiger partial charge in [0.25, 0.3) is 0 Å². The largest absolute Gasteiger partial charge is 0.394 e. The third kappa shape index (κ3) is 1.59. The third-order valence-electron chi connectivity index (χ3n) is 3.28. The minimum absolute atomic E-state index is 0.220. The first kappa shape index (κ1) is 11.7. The summed E-state index contributed by atoms with van der Waals surface area (Å²) < 4.78 is 13.7. The monoisotopic (exact) mass is 215 g/mol. The molecule has 0 fully saturated rings. The molecule has 0 unspecified atom stereocenters. The fraction of sp³-hybridized carbons (Fsp3) is 0.455. The van der Waals surface area contributed by atoms with Gasteiger partial charge in [0.1, 0.15) is 5.82 Å². The molecule has 0 spiro atoms. The van der Waals surface area contributed by atoms with Crippen LogP contribution in [0.1, 0.15) is 24.0 Å². The number of aliphatic hydroxyl groups is 1. The van der Waals surface area contributed by atoms with E-state index < -0.39 is 16.6 Å². The summed E-state index contributed by atoms with van der Waals surface area (Å²) in [5, 5.41) is 8.12. The number of hydrogen-bond donors (Lipinski definition) is 2. The fourth-order valence-corrected chi connectivity index (χ4v) is 2.27. The molecule has 3 N–H and O–H groups in total. The van der Waals surface area contributed by atoms with E-state index in [1.165, 1.54) is 6.07 Å². The maximum absolute atomic E-state index is 13.7. The van der Waals surface area contributed by atoms with Crippen LogP contribution in [0.4, 0.5) is 4.39 Å². The lowest BCUT2D eigenvalue weighted by molar-refractivity contribution is 0.174. The van der Waals surface area contributed by atoms with Gasteiger partial charge in [-0.1, -0.05) is 23.8 Å². The molecule has 1 aliphatic carbocycles. The minimum atomic E-state index is -1.21. The summed E-state index contributed by atoms with van der Waals surface area (Å²) >= 11 is 0. The van der Waals surface area contributed by atoms with Crippen LogP contribution in [0, 0.1) is 5.82 Å². The van der Waals surface area contributed by atoms with Crippen molar-refractivity contribution in [2.24, 2.45) is 5.73 Å². The SMILES string of the molecule is [B]C1([B])CC[C@@](N)(CO)c2cccc(F)c21. The molecule has 0 aromatic heterocycles. The summed E-state index contributed by atoms with van der Waals surface area (Å²) in [6, 6.07) is 4.52. The Kier molecular flexibility index (Phi) is 2.63. The first-order chi connectivity index (χ1) is 7.41. The molecule has 5 heteroatoms. The molecule has 2 rings (SSSR count). The summed E-state index contributed by atoms with van der Waals surface area (Å²) in [7, 11) is 11.7. The molecular formula is C11H12B2FNO. The van der Waals surface area contributed by atoms with Crippen LogP contribution in [0.5, 0.6) is 0 Å². The lowest BCUT2D eigenvalue weighted by atomic mass is 9.44. The smallest absolute Gasteiger partial charge is 0.125 e. The van der Waals surface area contributed by atoms with Crippen molar-refractivity contribution in [1.29, 1.82) is 0 Å². The van der Waals surface area contributed by atoms with Gasteiger partial charge in [0, 0.05) is 0 Å². The van der Waals surface area contributed by atoms with Gasteiger partial charge in [0.15, 0.2) is 0 Å². The molecule has 0 heterocycles. The normalized spacial score (nSPS) is 27.4. The Hall–Kier alpha value is -0.800. The Bertz CT molecular complexity index is 424. The van der Waals surface area contributed by atoms with Crippen molar-refractivity contribution in [3.8, 4) is 0 Å². The van der Waals surface area contributed by atoms with Gasteiger partial charge in [-0.2, -0.15) is 0 Å². The van der Waals surface area contributed by atoms with Crippen molar-refractivity contribution < 1.29 is 9.50 Å². The van der Waals surface area contributed by atoms with Crippen LogP contribution in [0.25, 0.3) is 0 Å². The zero-order valence-electron chi connectivity index (χ0n) is 8.91. The van der Waals surface area contributed by atoms with Gasteiger partial charge >= 0.3 is 0 Å². The zero-order valence-corrected chi connectivity index (χ0v) is 8.91. The van der Waals surface area contributed by atoms with Crippen LogP contribution in [0.15, 0.2) is 18.2 Å². The molecule has 0 saturated heterocycles. The van der Waals surface area contributed by atoms with E-state index in [1.54, 1.807) is 12.1 Å². The van der Waals surface area contributed by atoms with E-state index in [0.29, 0.717) is 18.4 Å². The van der Waals surface area contributed by atoms with Crippen molar-refractivity contribution in [2.75, 3.05) is 6.61 Å². The highest BCUT2D eigenvalue weighted by Gasteiger charge is 2.40. The molecule has 0 aliphatic heterocycles. The van der Waals surface area contributed by atoms with E-state index in [1.807, 2.05) is 0 Å². The Morgan fingerprint density at radius 1 is 1.38 bits per heavy atom. The number of halogens is 1. The van der Waals surface area contributed by atoms with Crippen LogP contribution in [-0.4, -0.2) is 27.4 Å². The number of rotatable bonds is 1. The summed E-state index contributed by atoms with van der Waals surface area (Å²) in [5.41, 5.74) is 5.81. The molecule has 16 heavy (non-hydrogen) atoms. The van der Waals surface area contributed by atoms with E-state index >= 15 is 0 Å². The Morgan fingerprint density at radius 3 is 2.69 bits per heavy atom. The molecule has 0 bridgehead atoms. The van der Waals surface area contributed by atoms with Gasteiger partial charge in [0.2, 0.25) is 0 Å². The first-order valence-electron chi connectivity index (χ1n) is 5.18. The predicted octanol–water partition coefficient (Wildman–Crippen LogP) is 0.256. The van der Waals surface area contributed by atoms with Crippen LogP contribution in [-0.2, 0) is 10.8 Å². The van der Waals surface area contributed by atoms with E-state index in [9.17, 15) is 9.50 Å². The highest BCUT2D eigenvalue weighted by atomic mass is 19.1. The molecule has 0 saturated carbocycles. The van der Waals surface area contributed by atoms with Gasteiger partial charge in [-0.25, -0.2) is 4.39 Å². The number of hydrogen-bond acceptors (Lipinski definition) is 2. The van der Waals surface area contributed by atoms with Gasteiger partial charge in [0.05, 0.1) is 27.8 Å². The van der Waals surface area contributed by atoms with Crippen LogP contribution in [0.3, 0.4) is 0 Å². The lowest BCUT2D eigenvalue weighted by Crippen LogP contribution is -2.49. The Balaban J connectivity index is 2.67. The maximum Gasteiger partial charge on any atom is 0.125 e. The van der Waals surface area contributed by atoms with Crippen molar-refractivity contribution >= 4 is 15.7 Å². The van der Waals surface area contributed by atoms with Gasteiger partial charge in [-0.3, -0.25) is 0 Å². The Labute approximate surface area is 96.9 Å². The first-order valence-corrected chi connectivity index (χ1v) is 5.18. The highest BCUT2D eigenvalue weighted by Crippen LogP contribution is 2.41. The second-order valence-corrected chi connectivity index (χ2v) is 4.52. The molecule has 1 aromatic carbocycles. The van der Waals surface area contributed by atoms with Crippen molar-refractivity contribution in [3.63, 3.8) is 0 Å². The van der Waals surface area contributed by atoms with Crippen molar-refractivity contribution in [1.82, 2.24) is 0 Å². The average Bonchev–Trinajstić information content (AvgIpc) is 2.24. The fourth-order valence-electron chi connectivity index (χ4n) is 2.27. The van der Waals surface area contributed by atoms with Crippen LogP contribution in [0.2, 0.25) is 0 Å². The summed E-state index contributed by atoms with van der Waals surface area (Å²) in [6.45, 7) is -0.250. The number of fused-ring (bicyclic) bond motifs is 1. The van der Waals surface area contributed by atoms with E-state index in [-0.39, 0.29) is 12.2 Å². The maximum atomic E-state index is 13.7. The van der Waals surface area contributed by atoms with Gasteiger partial charge in [-0.05, 0) is 23.6 Å². The molecule has 1 atom stereocenters. The van der Waals surface area contributed by atoms with E-state index in [4.69, 9.17) is 21.4 Å². The summed E-state index contributed by atoms with van der Waals surface area (Å²) in [6.07, 6.45) is 0.783. The molecule has 80 valence electrons. The topological polar surface area (TPSA) is 46.2 Å². The molecule has 4 radical (unpaired) electrons. The van der Waals surface area contributed by atoms with E-state index in [0.717, 1.165) is 0 Å². The van der Waals surface area contributed by atoms with Crippen LogP contribution >= 0.6 is 0 Å². The van der Waals surface area contributed by atoms with Crippen molar-refractivity contribution in [3.05, 3.63) is 35.1 Å². The second-order valence-electron chi connectivity index (χ2n) is 4.52. The summed E-state index contributed by atoms with van der Waals surface area (Å²) in [4.78, 5) is 0. The van der Waals surface area contributed by atoms with Gasteiger partial charge < -0.3 is 10.8 Å².